The Balaban J connectivity index is 1.60. The minimum atomic E-state index is -0.275. The Labute approximate surface area is 149 Å². The smallest absolute Gasteiger partial charge is 0.274 e. The number of nitrogens with one attached hydrogen (secondary N) is 1. The van der Waals surface area contributed by atoms with E-state index in [1.165, 1.54) is 0 Å². The molecule has 0 spiro atoms. The summed E-state index contributed by atoms with van der Waals surface area (Å²) in [4.78, 5) is 20.6. The summed E-state index contributed by atoms with van der Waals surface area (Å²) in [5.74, 6) is 0.177. The van der Waals surface area contributed by atoms with Crippen molar-refractivity contribution in [2.24, 2.45) is 0 Å². The normalized spacial score (nSPS) is 10.8. The molecule has 2 N–H and O–H groups in total. The van der Waals surface area contributed by atoms with Gasteiger partial charge in [-0.2, -0.15) is 4.73 Å². The lowest BCUT2D eigenvalue weighted by atomic mass is 10.2. The highest BCUT2D eigenvalue weighted by Crippen LogP contribution is 2.25. The molecule has 26 heavy (non-hydrogen) atoms. The number of anilines is 1. The number of carbonyl (C=O) groups excluding carboxylic acids is 1. The molecule has 0 saturated heterocycles. The van der Waals surface area contributed by atoms with E-state index in [1.807, 2.05) is 25.1 Å². The molecule has 2 aromatic heterocycles. The number of aromatic nitrogens is 3. The average molecular weight is 344 g/mol. The SMILES string of the molecule is Cc1ccc2nc(-c3ccc(NC(=O)c4ccccn4)cc3)n(O)c2c1. The van der Waals surface area contributed by atoms with Gasteiger partial charge in [0.25, 0.3) is 5.91 Å². The number of rotatable bonds is 3. The Bertz CT molecular complexity index is 1090. The third-order valence-electron chi connectivity index (χ3n) is 4.08. The molecule has 0 unspecified atom stereocenters. The molecule has 4 aromatic rings. The van der Waals surface area contributed by atoms with Crippen molar-refractivity contribution >= 4 is 22.6 Å². The molecule has 0 saturated carbocycles. The van der Waals surface area contributed by atoms with Crippen molar-refractivity contribution < 1.29 is 10.0 Å². The molecule has 0 aliphatic rings. The second kappa shape index (κ2) is 6.33. The van der Waals surface area contributed by atoms with Crippen molar-refractivity contribution in [2.45, 2.75) is 6.92 Å². The van der Waals surface area contributed by atoms with E-state index in [9.17, 15) is 10.0 Å². The number of amides is 1. The maximum Gasteiger partial charge on any atom is 0.274 e. The van der Waals surface area contributed by atoms with Crippen LogP contribution in [0.5, 0.6) is 0 Å². The first kappa shape index (κ1) is 15.8. The molecule has 0 fully saturated rings. The van der Waals surface area contributed by atoms with Crippen molar-refractivity contribution in [2.75, 3.05) is 5.32 Å². The van der Waals surface area contributed by atoms with Crippen LogP contribution in [0.2, 0.25) is 0 Å². The fraction of sp³-hybridized carbons (Fsp3) is 0.0500. The van der Waals surface area contributed by atoms with Gasteiger partial charge in [-0.05, 0) is 61.0 Å². The van der Waals surface area contributed by atoms with Crippen LogP contribution < -0.4 is 5.32 Å². The quantitative estimate of drug-likeness (QED) is 0.553. The van der Waals surface area contributed by atoms with E-state index < -0.39 is 0 Å². The number of fused-ring (bicyclic) bond motifs is 1. The molecule has 2 heterocycles. The van der Waals surface area contributed by atoms with Gasteiger partial charge in [-0.25, -0.2) is 4.98 Å². The largest absolute Gasteiger partial charge is 0.426 e. The van der Waals surface area contributed by atoms with Crippen molar-refractivity contribution in [3.8, 4) is 11.4 Å². The lowest BCUT2D eigenvalue weighted by Crippen LogP contribution is -2.13. The summed E-state index contributed by atoms with van der Waals surface area (Å²) in [6, 6.07) is 18.0. The summed E-state index contributed by atoms with van der Waals surface area (Å²) in [6.07, 6.45) is 1.57. The Morgan fingerprint density at radius 1 is 1.08 bits per heavy atom. The minimum Gasteiger partial charge on any atom is -0.426 e. The molecule has 0 bridgehead atoms. The van der Waals surface area contributed by atoms with E-state index >= 15 is 0 Å². The van der Waals surface area contributed by atoms with Gasteiger partial charge in [-0.1, -0.05) is 12.1 Å². The van der Waals surface area contributed by atoms with Gasteiger partial charge in [0, 0.05) is 17.4 Å². The van der Waals surface area contributed by atoms with Gasteiger partial charge in [-0.15, -0.1) is 0 Å². The number of benzene rings is 2. The van der Waals surface area contributed by atoms with Crippen LogP contribution in [-0.4, -0.2) is 25.8 Å². The average Bonchev–Trinajstić information content (AvgIpc) is 2.99. The molecule has 128 valence electrons. The van der Waals surface area contributed by atoms with E-state index in [1.54, 1.807) is 48.7 Å². The predicted molar refractivity (Wildman–Crippen MR) is 99.3 cm³/mol. The fourth-order valence-corrected chi connectivity index (χ4v) is 2.75. The topological polar surface area (TPSA) is 80.0 Å². The van der Waals surface area contributed by atoms with Gasteiger partial charge in [0.05, 0.1) is 5.52 Å². The Morgan fingerprint density at radius 3 is 2.62 bits per heavy atom. The molecule has 0 aliphatic heterocycles. The molecular formula is C20H16N4O2. The number of carbonyl (C=O) groups is 1. The van der Waals surface area contributed by atoms with Crippen LogP contribution in [0.15, 0.2) is 66.9 Å². The predicted octanol–water partition coefficient (Wildman–Crippen LogP) is 3.90. The fourth-order valence-electron chi connectivity index (χ4n) is 2.75. The Kier molecular flexibility index (Phi) is 3.85. The van der Waals surface area contributed by atoms with Crippen molar-refractivity contribution in [3.63, 3.8) is 0 Å². The number of hydrogen-bond donors (Lipinski definition) is 2. The monoisotopic (exact) mass is 344 g/mol. The van der Waals surface area contributed by atoms with Crippen LogP contribution in [0.25, 0.3) is 22.4 Å². The molecule has 0 aliphatic carbocycles. The molecule has 6 heteroatoms. The zero-order valence-corrected chi connectivity index (χ0v) is 14.0. The Hall–Kier alpha value is -3.67. The van der Waals surface area contributed by atoms with E-state index in [-0.39, 0.29) is 5.91 Å². The molecule has 2 aromatic carbocycles. The second-order valence-electron chi connectivity index (χ2n) is 5.99. The van der Waals surface area contributed by atoms with Gasteiger partial charge < -0.3 is 10.5 Å². The van der Waals surface area contributed by atoms with Gasteiger partial charge >= 0.3 is 0 Å². The third kappa shape index (κ3) is 2.88. The molecule has 6 nitrogen and oxygen atoms in total. The van der Waals surface area contributed by atoms with Gasteiger partial charge in [0.2, 0.25) is 0 Å². The van der Waals surface area contributed by atoms with E-state index in [0.717, 1.165) is 21.4 Å². The number of imidazole rings is 1. The summed E-state index contributed by atoms with van der Waals surface area (Å²) in [7, 11) is 0. The minimum absolute atomic E-state index is 0.275. The van der Waals surface area contributed by atoms with Crippen LogP contribution in [0.3, 0.4) is 0 Å². The van der Waals surface area contributed by atoms with Gasteiger partial charge in [0.15, 0.2) is 5.82 Å². The van der Waals surface area contributed by atoms with Crippen LogP contribution >= 0.6 is 0 Å². The van der Waals surface area contributed by atoms with Gasteiger partial charge in [0.1, 0.15) is 11.2 Å². The molecule has 4 rings (SSSR count). The van der Waals surface area contributed by atoms with E-state index in [0.29, 0.717) is 22.7 Å². The lowest BCUT2D eigenvalue weighted by Gasteiger charge is -2.06. The highest BCUT2D eigenvalue weighted by molar-refractivity contribution is 6.02. The van der Waals surface area contributed by atoms with Crippen LogP contribution in [0.4, 0.5) is 5.69 Å². The maximum atomic E-state index is 12.1. The summed E-state index contributed by atoms with van der Waals surface area (Å²) >= 11 is 0. The highest BCUT2D eigenvalue weighted by atomic mass is 16.5. The third-order valence-corrected chi connectivity index (χ3v) is 4.08. The molecule has 1 amide bonds. The number of pyridine rings is 1. The first-order chi connectivity index (χ1) is 12.6. The second-order valence-corrected chi connectivity index (χ2v) is 5.99. The molecule has 0 atom stereocenters. The van der Waals surface area contributed by atoms with Crippen LogP contribution in [0.1, 0.15) is 16.1 Å². The number of aryl methyl sites for hydroxylation is 1. The first-order valence-corrected chi connectivity index (χ1v) is 8.13. The summed E-state index contributed by atoms with van der Waals surface area (Å²) in [5, 5.41) is 13.2. The number of hydrogen-bond acceptors (Lipinski definition) is 4. The Morgan fingerprint density at radius 2 is 1.88 bits per heavy atom. The standard InChI is InChI=1S/C20H16N4O2/c1-13-5-10-16-18(12-13)24(26)19(23-16)14-6-8-15(9-7-14)22-20(25)17-4-2-3-11-21-17/h2-12,26H,1H3,(H,22,25). The zero-order chi connectivity index (χ0) is 18.1. The van der Waals surface area contributed by atoms with Crippen LogP contribution in [-0.2, 0) is 0 Å². The summed E-state index contributed by atoms with van der Waals surface area (Å²) in [6.45, 7) is 1.96. The van der Waals surface area contributed by atoms with Crippen molar-refractivity contribution in [1.29, 1.82) is 0 Å². The zero-order valence-electron chi connectivity index (χ0n) is 14.0. The molecular weight excluding hydrogens is 328 g/mol. The first-order valence-electron chi connectivity index (χ1n) is 8.13. The van der Waals surface area contributed by atoms with E-state index in [2.05, 4.69) is 15.3 Å². The van der Waals surface area contributed by atoms with Gasteiger partial charge in [-0.3, -0.25) is 9.78 Å². The highest BCUT2D eigenvalue weighted by Gasteiger charge is 2.13. The van der Waals surface area contributed by atoms with Crippen molar-refractivity contribution in [3.05, 3.63) is 78.1 Å². The lowest BCUT2D eigenvalue weighted by molar-refractivity contribution is 0.102. The van der Waals surface area contributed by atoms with Crippen molar-refractivity contribution in [1.82, 2.24) is 14.7 Å². The molecule has 0 radical (unpaired) electrons. The van der Waals surface area contributed by atoms with E-state index in [4.69, 9.17) is 0 Å². The maximum absolute atomic E-state index is 12.1. The van der Waals surface area contributed by atoms with Crippen LogP contribution in [0, 0.1) is 6.92 Å². The summed E-state index contributed by atoms with van der Waals surface area (Å²) < 4.78 is 1.09. The number of nitrogens with zero attached hydrogens (tertiary/aromatic N) is 3. The summed E-state index contributed by atoms with van der Waals surface area (Å²) in [5.41, 5.74) is 4.17.